The Hall–Kier alpha value is -3.41. The van der Waals surface area contributed by atoms with E-state index in [0.29, 0.717) is 38.3 Å². The number of rotatable bonds is 5. The van der Waals surface area contributed by atoms with Crippen LogP contribution in [0.15, 0.2) is 60.8 Å². The van der Waals surface area contributed by atoms with Crippen LogP contribution in [0, 0.1) is 12.8 Å². The second-order valence-corrected chi connectivity index (χ2v) is 8.51. The topological polar surface area (TPSA) is 58.4 Å². The molecule has 1 fully saturated rings. The fourth-order valence-corrected chi connectivity index (χ4v) is 4.33. The van der Waals surface area contributed by atoms with Crippen molar-refractivity contribution >= 4 is 11.8 Å². The van der Waals surface area contributed by atoms with Gasteiger partial charge in [0.05, 0.1) is 5.92 Å². The summed E-state index contributed by atoms with van der Waals surface area (Å²) in [5.74, 6) is -0.266. The maximum absolute atomic E-state index is 13.2. The standard InChI is InChI=1S/C26H30N4O2/c1-4-29-14-15-30(26(32)24-12-13-28(3)27-24)18-23(25(29)31)17-20-8-10-21(11-9-20)22-7-5-6-19(2)16-22/h5-13,16,23H,4,14-15,17-18H2,1-3H3. The highest BCUT2D eigenvalue weighted by Gasteiger charge is 2.32. The Morgan fingerprint density at radius 3 is 2.50 bits per heavy atom. The van der Waals surface area contributed by atoms with Crippen LogP contribution in [-0.2, 0) is 18.3 Å². The molecule has 1 aliphatic heterocycles. The maximum Gasteiger partial charge on any atom is 0.274 e. The summed E-state index contributed by atoms with van der Waals surface area (Å²) in [6.45, 7) is 6.21. The molecule has 1 aliphatic rings. The zero-order valence-corrected chi connectivity index (χ0v) is 19.0. The Kier molecular flexibility index (Phi) is 6.40. The number of likely N-dealkylation sites (N-methyl/N-ethyl adjacent to an activating group) is 1. The number of benzene rings is 2. The molecule has 3 aromatic rings. The minimum atomic E-state index is -0.269. The first kappa shape index (κ1) is 21.8. The third kappa shape index (κ3) is 4.74. The first-order valence-corrected chi connectivity index (χ1v) is 11.2. The molecular weight excluding hydrogens is 400 g/mol. The normalized spacial score (nSPS) is 16.8. The first-order valence-electron chi connectivity index (χ1n) is 11.2. The highest BCUT2D eigenvalue weighted by Crippen LogP contribution is 2.23. The van der Waals surface area contributed by atoms with E-state index >= 15 is 0 Å². The van der Waals surface area contributed by atoms with Crippen LogP contribution in [0.1, 0.15) is 28.5 Å². The van der Waals surface area contributed by atoms with Gasteiger partial charge in [-0.25, -0.2) is 0 Å². The van der Waals surface area contributed by atoms with E-state index in [-0.39, 0.29) is 17.7 Å². The number of aryl methyl sites for hydroxylation is 2. The van der Waals surface area contributed by atoms with Crippen LogP contribution in [-0.4, -0.2) is 57.6 Å². The molecule has 6 heteroatoms. The van der Waals surface area contributed by atoms with Gasteiger partial charge in [0, 0.05) is 39.4 Å². The average molecular weight is 431 g/mol. The summed E-state index contributed by atoms with van der Waals surface area (Å²) < 4.78 is 1.63. The third-order valence-corrected chi connectivity index (χ3v) is 6.13. The van der Waals surface area contributed by atoms with E-state index in [1.165, 1.54) is 11.1 Å². The van der Waals surface area contributed by atoms with Gasteiger partial charge in [0.2, 0.25) is 5.91 Å². The van der Waals surface area contributed by atoms with Gasteiger partial charge in [0.1, 0.15) is 5.69 Å². The number of hydrogen-bond donors (Lipinski definition) is 0. The fourth-order valence-electron chi connectivity index (χ4n) is 4.33. The van der Waals surface area contributed by atoms with Crippen LogP contribution in [0.25, 0.3) is 11.1 Å². The minimum Gasteiger partial charge on any atom is -0.341 e. The van der Waals surface area contributed by atoms with Crippen LogP contribution in [0.5, 0.6) is 0 Å². The third-order valence-electron chi connectivity index (χ3n) is 6.13. The first-order chi connectivity index (χ1) is 15.4. The smallest absolute Gasteiger partial charge is 0.274 e. The van der Waals surface area contributed by atoms with E-state index in [1.54, 1.807) is 28.9 Å². The van der Waals surface area contributed by atoms with Gasteiger partial charge in [-0.2, -0.15) is 5.10 Å². The molecule has 1 atom stereocenters. The summed E-state index contributed by atoms with van der Waals surface area (Å²) in [5.41, 5.74) is 5.10. The lowest BCUT2D eigenvalue weighted by Gasteiger charge is -2.23. The highest BCUT2D eigenvalue weighted by atomic mass is 16.2. The fraction of sp³-hybridized carbons (Fsp3) is 0.346. The largest absolute Gasteiger partial charge is 0.341 e. The summed E-state index contributed by atoms with van der Waals surface area (Å²) in [5, 5.41) is 4.26. The molecule has 1 unspecified atom stereocenters. The number of aromatic nitrogens is 2. The molecule has 0 radical (unpaired) electrons. The van der Waals surface area contributed by atoms with Gasteiger partial charge in [-0.05, 0) is 43.0 Å². The molecule has 0 aliphatic carbocycles. The molecule has 166 valence electrons. The van der Waals surface area contributed by atoms with E-state index in [1.807, 2.05) is 11.8 Å². The zero-order valence-electron chi connectivity index (χ0n) is 19.0. The molecule has 32 heavy (non-hydrogen) atoms. The van der Waals surface area contributed by atoms with Crippen molar-refractivity contribution in [3.63, 3.8) is 0 Å². The minimum absolute atomic E-state index is 0.115. The predicted octanol–water partition coefficient (Wildman–Crippen LogP) is 3.56. The van der Waals surface area contributed by atoms with Crippen molar-refractivity contribution in [3.05, 3.63) is 77.6 Å². The summed E-state index contributed by atoms with van der Waals surface area (Å²) in [7, 11) is 1.80. The molecule has 0 saturated carbocycles. The summed E-state index contributed by atoms with van der Waals surface area (Å²) in [6, 6.07) is 18.6. The lowest BCUT2D eigenvalue weighted by atomic mass is 9.95. The van der Waals surface area contributed by atoms with Gasteiger partial charge in [-0.15, -0.1) is 0 Å². The molecule has 0 N–H and O–H groups in total. The Labute approximate surface area is 189 Å². The maximum atomic E-state index is 13.2. The van der Waals surface area contributed by atoms with Gasteiger partial charge in [0.25, 0.3) is 5.91 Å². The van der Waals surface area contributed by atoms with Gasteiger partial charge in [-0.3, -0.25) is 14.3 Å². The molecular formula is C26H30N4O2. The van der Waals surface area contributed by atoms with E-state index in [2.05, 4.69) is 60.6 Å². The van der Waals surface area contributed by atoms with E-state index in [9.17, 15) is 9.59 Å². The predicted molar refractivity (Wildman–Crippen MR) is 125 cm³/mol. The quantitative estimate of drug-likeness (QED) is 0.622. The van der Waals surface area contributed by atoms with Crippen molar-refractivity contribution in [1.82, 2.24) is 19.6 Å². The molecule has 1 aromatic heterocycles. The van der Waals surface area contributed by atoms with Crippen molar-refractivity contribution < 1.29 is 9.59 Å². The van der Waals surface area contributed by atoms with E-state index in [4.69, 9.17) is 0 Å². The Balaban J connectivity index is 1.53. The Morgan fingerprint density at radius 2 is 1.84 bits per heavy atom. The second kappa shape index (κ2) is 9.39. The summed E-state index contributed by atoms with van der Waals surface area (Å²) in [4.78, 5) is 29.8. The number of hydrogen-bond acceptors (Lipinski definition) is 3. The van der Waals surface area contributed by atoms with Gasteiger partial charge in [-0.1, -0.05) is 54.1 Å². The number of amides is 2. The lowest BCUT2D eigenvalue weighted by Crippen LogP contribution is -2.38. The number of carbonyl (C=O) groups is 2. The van der Waals surface area contributed by atoms with Crippen molar-refractivity contribution in [2.75, 3.05) is 26.2 Å². The molecule has 6 nitrogen and oxygen atoms in total. The lowest BCUT2D eigenvalue weighted by molar-refractivity contribution is -0.134. The molecule has 2 amide bonds. The van der Waals surface area contributed by atoms with Gasteiger partial charge < -0.3 is 9.80 Å². The molecule has 0 bridgehead atoms. The molecule has 1 saturated heterocycles. The zero-order chi connectivity index (χ0) is 22.7. The Morgan fingerprint density at radius 1 is 1.06 bits per heavy atom. The summed E-state index contributed by atoms with van der Waals surface area (Å²) >= 11 is 0. The molecule has 0 spiro atoms. The van der Waals surface area contributed by atoms with Crippen molar-refractivity contribution in [2.45, 2.75) is 20.3 Å². The van der Waals surface area contributed by atoms with Gasteiger partial charge >= 0.3 is 0 Å². The monoisotopic (exact) mass is 430 g/mol. The van der Waals surface area contributed by atoms with Crippen LogP contribution in [0.4, 0.5) is 0 Å². The SMILES string of the molecule is CCN1CCN(C(=O)c2ccn(C)n2)CC(Cc2ccc(-c3cccc(C)c3)cc2)C1=O. The van der Waals surface area contributed by atoms with E-state index in [0.717, 1.165) is 11.1 Å². The molecule has 4 rings (SSSR count). The molecule has 2 heterocycles. The summed E-state index contributed by atoms with van der Waals surface area (Å²) in [6.07, 6.45) is 2.37. The molecule has 2 aromatic carbocycles. The number of carbonyl (C=O) groups excluding carboxylic acids is 2. The van der Waals surface area contributed by atoms with Crippen LogP contribution < -0.4 is 0 Å². The number of nitrogens with zero attached hydrogens (tertiary/aromatic N) is 4. The van der Waals surface area contributed by atoms with Crippen LogP contribution in [0.2, 0.25) is 0 Å². The second-order valence-electron chi connectivity index (χ2n) is 8.51. The van der Waals surface area contributed by atoms with Crippen LogP contribution in [0.3, 0.4) is 0 Å². The van der Waals surface area contributed by atoms with Crippen LogP contribution >= 0.6 is 0 Å². The van der Waals surface area contributed by atoms with Crippen molar-refractivity contribution in [3.8, 4) is 11.1 Å². The van der Waals surface area contributed by atoms with Crippen molar-refractivity contribution in [2.24, 2.45) is 13.0 Å². The average Bonchev–Trinajstić information content (AvgIpc) is 3.17. The highest BCUT2D eigenvalue weighted by molar-refractivity contribution is 5.93. The van der Waals surface area contributed by atoms with Crippen molar-refractivity contribution in [1.29, 1.82) is 0 Å². The van der Waals surface area contributed by atoms with Gasteiger partial charge in [0.15, 0.2) is 0 Å². The van der Waals surface area contributed by atoms with E-state index < -0.39 is 0 Å². The Bertz CT molecular complexity index is 1100.